The van der Waals surface area contributed by atoms with E-state index in [1.165, 1.54) is 0 Å². The number of hydrogen-bond donors (Lipinski definition) is 2. The maximum atomic E-state index is 12.2. The SMILES string of the molecule is Cl.O=C(O)[C@@H]1C[C@H](F)CN1. The second-order valence-corrected chi connectivity index (χ2v) is 2.13. The van der Waals surface area contributed by atoms with Crippen LogP contribution in [0.4, 0.5) is 4.39 Å². The van der Waals surface area contributed by atoms with Crippen molar-refractivity contribution in [2.75, 3.05) is 6.54 Å². The fourth-order valence-corrected chi connectivity index (χ4v) is 0.881. The summed E-state index contributed by atoms with van der Waals surface area (Å²) in [6.07, 6.45) is -0.874. The van der Waals surface area contributed by atoms with Crippen LogP contribution in [0.25, 0.3) is 0 Å². The first-order chi connectivity index (χ1) is 4.20. The number of nitrogens with one attached hydrogen (secondary N) is 1. The zero-order chi connectivity index (χ0) is 6.85. The minimum Gasteiger partial charge on any atom is -0.480 e. The second kappa shape index (κ2) is 3.73. The minimum atomic E-state index is -0.980. The fourth-order valence-electron chi connectivity index (χ4n) is 0.881. The van der Waals surface area contributed by atoms with Gasteiger partial charge in [0.05, 0.1) is 0 Å². The van der Waals surface area contributed by atoms with Gasteiger partial charge in [-0.05, 0) is 0 Å². The Hall–Kier alpha value is -0.350. The average molecular weight is 170 g/mol. The summed E-state index contributed by atoms with van der Waals surface area (Å²) < 4.78 is 12.2. The summed E-state index contributed by atoms with van der Waals surface area (Å²) in [6, 6.07) is -0.667. The number of halogens is 2. The standard InChI is InChI=1S/C5H8FNO2.ClH/c6-3-1-4(5(8)9)7-2-3;/h3-4,7H,1-2H2,(H,8,9);1H/t3-,4-;/m0./s1. The Balaban J connectivity index is 0.000000810. The van der Waals surface area contributed by atoms with Crippen LogP contribution in [0.1, 0.15) is 6.42 Å². The number of alkyl halides is 1. The molecule has 3 nitrogen and oxygen atoms in total. The van der Waals surface area contributed by atoms with Gasteiger partial charge in [0.2, 0.25) is 0 Å². The van der Waals surface area contributed by atoms with E-state index in [2.05, 4.69) is 5.32 Å². The van der Waals surface area contributed by atoms with Crippen LogP contribution in [0, 0.1) is 0 Å². The van der Waals surface area contributed by atoms with Crippen LogP contribution in [-0.2, 0) is 4.79 Å². The first kappa shape index (κ1) is 9.65. The van der Waals surface area contributed by atoms with Crippen LogP contribution in [0.2, 0.25) is 0 Å². The van der Waals surface area contributed by atoms with Crippen LogP contribution >= 0.6 is 12.4 Å². The number of hydrogen-bond acceptors (Lipinski definition) is 2. The van der Waals surface area contributed by atoms with Gasteiger partial charge in [-0.1, -0.05) is 0 Å². The molecule has 0 spiro atoms. The number of carbonyl (C=O) groups is 1. The highest BCUT2D eigenvalue weighted by molar-refractivity contribution is 5.85. The first-order valence-corrected chi connectivity index (χ1v) is 2.80. The van der Waals surface area contributed by atoms with Crippen LogP contribution in [0.5, 0.6) is 0 Å². The molecule has 0 aliphatic carbocycles. The van der Waals surface area contributed by atoms with Crippen molar-refractivity contribution in [3.8, 4) is 0 Å². The predicted molar refractivity (Wildman–Crippen MR) is 36.2 cm³/mol. The van der Waals surface area contributed by atoms with Gasteiger partial charge in [-0.15, -0.1) is 12.4 Å². The van der Waals surface area contributed by atoms with Gasteiger partial charge in [0.15, 0.2) is 0 Å². The molecule has 1 aliphatic heterocycles. The molecule has 1 rings (SSSR count). The molecular weight excluding hydrogens is 161 g/mol. The summed E-state index contributed by atoms with van der Waals surface area (Å²) in [7, 11) is 0. The molecule has 60 valence electrons. The maximum absolute atomic E-state index is 12.2. The van der Waals surface area contributed by atoms with Crippen molar-refractivity contribution in [2.45, 2.75) is 18.6 Å². The monoisotopic (exact) mass is 169 g/mol. The van der Waals surface area contributed by atoms with Gasteiger partial charge in [0.1, 0.15) is 12.2 Å². The lowest BCUT2D eigenvalue weighted by Crippen LogP contribution is -2.29. The Morgan fingerprint density at radius 1 is 1.70 bits per heavy atom. The topological polar surface area (TPSA) is 49.3 Å². The van der Waals surface area contributed by atoms with Crippen molar-refractivity contribution in [3.63, 3.8) is 0 Å². The van der Waals surface area contributed by atoms with E-state index in [9.17, 15) is 9.18 Å². The molecule has 1 saturated heterocycles. The Morgan fingerprint density at radius 3 is 2.50 bits per heavy atom. The lowest BCUT2D eigenvalue weighted by Gasteiger charge is -1.99. The highest BCUT2D eigenvalue weighted by Gasteiger charge is 2.28. The summed E-state index contributed by atoms with van der Waals surface area (Å²) in [6.45, 7) is 0.178. The fraction of sp³-hybridized carbons (Fsp3) is 0.800. The molecule has 2 N–H and O–H groups in total. The molecule has 5 heteroatoms. The van der Waals surface area contributed by atoms with Crippen molar-refractivity contribution in [1.29, 1.82) is 0 Å². The van der Waals surface area contributed by atoms with Crippen molar-refractivity contribution in [3.05, 3.63) is 0 Å². The molecule has 1 fully saturated rings. The molecule has 0 aromatic carbocycles. The summed E-state index contributed by atoms with van der Waals surface area (Å²) in [5, 5.41) is 10.8. The Morgan fingerprint density at radius 2 is 2.30 bits per heavy atom. The lowest BCUT2D eigenvalue weighted by molar-refractivity contribution is -0.139. The molecular formula is C5H9ClFNO2. The molecule has 1 heterocycles. The Kier molecular flexibility index (Phi) is 3.60. The van der Waals surface area contributed by atoms with E-state index < -0.39 is 18.2 Å². The zero-order valence-electron chi connectivity index (χ0n) is 5.21. The number of aliphatic carboxylic acids is 1. The van der Waals surface area contributed by atoms with Gasteiger partial charge in [-0.25, -0.2) is 4.39 Å². The summed E-state index contributed by atoms with van der Waals surface area (Å²) in [5.41, 5.74) is 0. The summed E-state index contributed by atoms with van der Waals surface area (Å²) in [5.74, 6) is -0.963. The van der Waals surface area contributed by atoms with E-state index >= 15 is 0 Å². The van der Waals surface area contributed by atoms with Crippen LogP contribution < -0.4 is 5.32 Å². The maximum Gasteiger partial charge on any atom is 0.320 e. The molecule has 10 heavy (non-hydrogen) atoms. The molecule has 0 radical (unpaired) electrons. The van der Waals surface area contributed by atoms with Gasteiger partial charge in [-0.3, -0.25) is 4.79 Å². The average Bonchev–Trinajstić information content (AvgIpc) is 2.14. The van der Waals surface area contributed by atoms with Gasteiger partial charge in [0, 0.05) is 13.0 Å². The highest BCUT2D eigenvalue weighted by atomic mass is 35.5. The van der Waals surface area contributed by atoms with E-state index in [0.29, 0.717) is 0 Å². The van der Waals surface area contributed by atoms with Gasteiger partial charge < -0.3 is 10.4 Å². The van der Waals surface area contributed by atoms with Crippen LogP contribution in [0.15, 0.2) is 0 Å². The largest absolute Gasteiger partial charge is 0.480 e. The molecule has 2 atom stereocenters. The Bertz CT molecular complexity index is 133. The molecule has 0 aromatic rings. The van der Waals surface area contributed by atoms with E-state index in [4.69, 9.17) is 5.11 Å². The zero-order valence-corrected chi connectivity index (χ0v) is 6.03. The van der Waals surface area contributed by atoms with Crippen molar-refractivity contribution >= 4 is 18.4 Å². The van der Waals surface area contributed by atoms with Gasteiger partial charge >= 0.3 is 5.97 Å². The third-order valence-corrected chi connectivity index (χ3v) is 1.38. The van der Waals surface area contributed by atoms with E-state index in [1.807, 2.05) is 0 Å². The third-order valence-electron chi connectivity index (χ3n) is 1.38. The molecule has 0 unspecified atom stereocenters. The van der Waals surface area contributed by atoms with Crippen molar-refractivity contribution < 1.29 is 14.3 Å². The normalized spacial score (nSPS) is 31.3. The van der Waals surface area contributed by atoms with Crippen molar-refractivity contribution in [2.24, 2.45) is 0 Å². The Labute approximate surface area is 64.0 Å². The van der Waals surface area contributed by atoms with Gasteiger partial charge in [-0.2, -0.15) is 0 Å². The predicted octanol–water partition coefficient (Wildman–Crippen LogP) is 0.193. The molecule has 1 aliphatic rings. The third kappa shape index (κ3) is 2.11. The molecule has 0 amide bonds. The minimum absolute atomic E-state index is 0. The number of rotatable bonds is 1. The van der Waals surface area contributed by atoms with E-state index in [-0.39, 0.29) is 25.4 Å². The molecule has 0 saturated carbocycles. The van der Waals surface area contributed by atoms with E-state index in [1.54, 1.807) is 0 Å². The van der Waals surface area contributed by atoms with Gasteiger partial charge in [0.25, 0.3) is 0 Å². The molecule has 0 bridgehead atoms. The summed E-state index contributed by atoms with van der Waals surface area (Å²) >= 11 is 0. The van der Waals surface area contributed by atoms with Crippen LogP contribution in [-0.4, -0.2) is 29.8 Å². The number of carboxylic acids is 1. The second-order valence-electron chi connectivity index (χ2n) is 2.13. The smallest absolute Gasteiger partial charge is 0.320 e. The lowest BCUT2D eigenvalue weighted by atomic mass is 10.2. The summed E-state index contributed by atoms with van der Waals surface area (Å²) in [4.78, 5) is 10.1. The molecule has 0 aromatic heterocycles. The van der Waals surface area contributed by atoms with Crippen molar-refractivity contribution in [1.82, 2.24) is 5.32 Å². The highest BCUT2D eigenvalue weighted by Crippen LogP contribution is 2.09. The quantitative estimate of drug-likeness (QED) is 0.589. The van der Waals surface area contributed by atoms with E-state index in [0.717, 1.165) is 0 Å². The first-order valence-electron chi connectivity index (χ1n) is 2.80. The van der Waals surface area contributed by atoms with Crippen LogP contribution in [0.3, 0.4) is 0 Å². The number of carboxylic acid groups (broad SMARTS) is 1.